The number of fused-ring (bicyclic) bond motifs is 1. The van der Waals surface area contributed by atoms with Crippen molar-refractivity contribution in [1.29, 1.82) is 0 Å². The van der Waals surface area contributed by atoms with E-state index in [2.05, 4.69) is 46.4 Å². The van der Waals surface area contributed by atoms with E-state index in [9.17, 15) is 29.4 Å². The molecular formula is C54H62N4O7. The highest BCUT2D eigenvalue weighted by atomic mass is 16.6. The number of ketones is 1. The third kappa shape index (κ3) is 13.0. The van der Waals surface area contributed by atoms with Gasteiger partial charge in [0.15, 0.2) is 5.78 Å². The van der Waals surface area contributed by atoms with Crippen LogP contribution in [-0.4, -0.2) is 70.7 Å². The predicted molar refractivity (Wildman–Crippen MR) is 260 cm³/mol. The number of ether oxygens (including phenoxy) is 1. The van der Waals surface area contributed by atoms with Crippen LogP contribution in [0.1, 0.15) is 92.4 Å². The lowest BCUT2D eigenvalue weighted by Crippen LogP contribution is -2.40. The lowest BCUT2D eigenvalue weighted by molar-refractivity contribution is -0.118. The van der Waals surface area contributed by atoms with Crippen molar-refractivity contribution in [2.45, 2.75) is 84.3 Å². The van der Waals surface area contributed by atoms with Gasteiger partial charge in [-0.15, -0.1) is 0 Å². The highest BCUT2D eigenvalue weighted by molar-refractivity contribution is 5.98. The maximum atomic E-state index is 13.2. The minimum Gasteiger partial charge on any atom is -0.506 e. The standard InChI is InChI=1S/C53H58N4O7.CH4/c1-36(18-25-48(59)44-23-26-49(60)52-45(44)24-27-50(61)55-52)34-38-12-8-10-37(35-38)11-9-17-47(58)40-19-21-41(22-20-40)56(2)51(62)30-33-57-31-28-42(29-32-57)64-53(63)54-46-16-7-6-15-43(46)39-13-4-3-5-14-39;/h3-8,10,12-16,19-24,26-27,35-36,42,48,59-60H,9,11,17-18,25,28-34H2,1-2H3,(H,54,63)(H,55,61);1H4/t36-,48-;/m0./s1. The van der Waals surface area contributed by atoms with Crippen LogP contribution in [0.4, 0.5) is 16.2 Å². The summed E-state index contributed by atoms with van der Waals surface area (Å²) in [6.45, 7) is 4.25. The van der Waals surface area contributed by atoms with Crippen molar-refractivity contribution in [1.82, 2.24) is 9.88 Å². The first kappa shape index (κ1) is 47.9. The first-order valence-corrected chi connectivity index (χ1v) is 22.4. The number of piperidine rings is 1. The van der Waals surface area contributed by atoms with Gasteiger partial charge < -0.3 is 29.7 Å². The summed E-state index contributed by atoms with van der Waals surface area (Å²) in [6, 6.07) is 39.6. The summed E-state index contributed by atoms with van der Waals surface area (Å²) in [5.74, 6) is 0.349. The zero-order valence-corrected chi connectivity index (χ0v) is 36.7. The number of benzene rings is 5. The number of hydrogen-bond donors (Lipinski definition) is 4. The molecule has 0 spiro atoms. The summed E-state index contributed by atoms with van der Waals surface area (Å²) in [5.41, 5.74) is 7.11. The zero-order valence-electron chi connectivity index (χ0n) is 36.7. The molecule has 1 aliphatic heterocycles. The molecule has 4 N–H and O–H groups in total. The van der Waals surface area contributed by atoms with Crippen molar-refractivity contribution < 1.29 is 29.3 Å². The number of aromatic hydroxyl groups is 1. The van der Waals surface area contributed by atoms with Gasteiger partial charge in [0.05, 0.1) is 17.3 Å². The third-order valence-electron chi connectivity index (χ3n) is 12.3. The minimum absolute atomic E-state index is 0. The normalized spacial score (nSPS) is 14.0. The molecule has 1 aliphatic rings. The van der Waals surface area contributed by atoms with Crippen LogP contribution in [0.25, 0.3) is 22.0 Å². The van der Waals surface area contributed by atoms with Gasteiger partial charge in [0.2, 0.25) is 11.5 Å². The van der Waals surface area contributed by atoms with Crippen LogP contribution < -0.4 is 15.8 Å². The molecule has 7 rings (SSSR count). The number of aromatic amines is 1. The van der Waals surface area contributed by atoms with Crippen LogP contribution in [-0.2, 0) is 22.4 Å². The molecule has 2 heterocycles. The van der Waals surface area contributed by atoms with Crippen LogP contribution in [0.3, 0.4) is 0 Å². The molecule has 6 aromatic rings. The number of H-pyrrole nitrogens is 1. The summed E-state index contributed by atoms with van der Waals surface area (Å²) < 4.78 is 5.78. The molecule has 2 atom stereocenters. The zero-order chi connectivity index (χ0) is 45.0. The average Bonchev–Trinajstić information content (AvgIpc) is 3.31. The number of anilines is 2. The monoisotopic (exact) mass is 878 g/mol. The molecule has 1 fully saturated rings. The van der Waals surface area contributed by atoms with Crippen molar-refractivity contribution in [2.24, 2.45) is 5.92 Å². The number of likely N-dealkylation sites (tertiary alicyclic amines) is 1. The summed E-state index contributed by atoms with van der Waals surface area (Å²) in [5, 5.41) is 24.8. The SMILES string of the molecule is C.C[C@@H](CC[C@H](O)c1ccc(O)c2[nH]c(=O)ccc12)Cc1cccc(CCCC(=O)c2ccc(N(C)C(=O)CCN3CCC(OC(=O)Nc4ccccc4-c4ccccc4)CC3)cc2)c1. The van der Waals surface area contributed by atoms with Crippen LogP contribution >= 0.6 is 0 Å². The number of amides is 2. The van der Waals surface area contributed by atoms with Gasteiger partial charge in [-0.25, -0.2) is 4.79 Å². The van der Waals surface area contributed by atoms with Gasteiger partial charge in [-0.3, -0.25) is 19.7 Å². The fraction of sp³-hybridized carbons (Fsp3) is 0.333. The molecule has 340 valence electrons. The Labute approximate surface area is 382 Å². The number of nitrogens with zero attached hydrogens (tertiary/aromatic N) is 2. The molecule has 1 aromatic heterocycles. The molecule has 11 nitrogen and oxygen atoms in total. The van der Waals surface area contributed by atoms with Gasteiger partial charge in [0, 0.05) is 67.8 Å². The van der Waals surface area contributed by atoms with Crippen molar-refractivity contribution in [3.8, 4) is 16.9 Å². The summed E-state index contributed by atoms with van der Waals surface area (Å²) >= 11 is 0. The molecule has 65 heavy (non-hydrogen) atoms. The number of aryl methyl sites for hydroxylation is 1. The van der Waals surface area contributed by atoms with Gasteiger partial charge in [-0.1, -0.05) is 93.2 Å². The molecule has 0 bridgehead atoms. The molecule has 0 saturated carbocycles. The number of pyridine rings is 1. The highest BCUT2D eigenvalue weighted by Crippen LogP contribution is 2.32. The minimum atomic E-state index is -0.730. The Hall–Kier alpha value is -6.56. The first-order valence-electron chi connectivity index (χ1n) is 22.4. The average molecular weight is 879 g/mol. The lowest BCUT2D eigenvalue weighted by atomic mass is 9.91. The smallest absolute Gasteiger partial charge is 0.411 e. The summed E-state index contributed by atoms with van der Waals surface area (Å²) in [7, 11) is 1.76. The van der Waals surface area contributed by atoms with Gasteiger partial charge in [0.1, 0.15) is 11.9 Å². The van der Waals surface area contributed by atoms with Crippen molar-refractivity contribution >= 4 is 40.1 Å². The number of carbonyl (C=O) groups excluding carboxylic acids is 3. The second-order valence-electron chi connectivity index (χ2n) is 17.0. The van der Waals surface area contributed by atoms with Crippen molar-refractivity contribution in [3.05, 3.63) is 160 Å². The number of carbonyl (C=O) groups is 3. The number of para-hydroxylation sites is 1. The van der Waals surface area contributed by atoms with Crippen LogP contribution in [0.2, 0.25) is 0 Å². The number of nitrogens with one attached hydrogen (secondary N) is 2. The van der Waals surface area contributed by atoms with E-state index in [0.717, 1.165) is 55.6 Å². The fourth-order valence-corrected chi connectivity index (χ4v) is 8.60. The fourth-order valence-electron chi connectivity index (χ4n) is 8.60. The molecule has 0 unspecified atom stereocenters. The van der Waals surface area contributed by atoms with Gasteiger partial charge in [-0.2, -0.15) is 0 Å². The Morgan fingerprint density at radius 3 is 2.34 bits per heavy atom. The van der Waals surface area contributed by atoms with Crippen molar-refractivity contribution in [2.75, 3.05) is 36.9 Å². The largest absolute Gasteiger partial charge is 0.506 e. The molecule has 1 saturated heterocycles. The van der Waals surface area contributed by atoms with E-state index in [-0.39, 0.29) is 36.5 Å². The quantitative estimate of drug-likeness (QED) is 0.0623. The number of aliphatic hydroxyl groups is 1. The topological polar surface area (TPSA) is 152 Å². The van der Waals surface area contributed by atoms with Crippen molar-refractivity contribution in [3.63, 3.8) is 0 Å². The molecule has 0 radical (unpaired) electrons. The Balaban J connectivity index is 0.00000700. The molecule has 0 aliphatic carbocycles. The first-order chi connectivity index (χ1) is 31.0. The second-order valence-corrected chi connectivity index (χ2v) is 17.0. The third-order valence-corrected chi connectivity index (χ3v) is 12.3. The maximum absolute atomic E-state index is 13.2. The van der Waals surface area contributed by atoms with E-state index in [4.69, 9.17) is 4.74 Å². The molecule has 5 aromatic carbocycles. The Morgan fingerprint density at radius 2 is 1.57 bits per heavy atom. The van der Waals surface area contributed by atoms with Gasteiger partial charge in [-0.05, 0) is 116 Å². The van der Waals surface area contributed by atoms with E-state index >= 15 is 0 Å². The summed E-state index contributed by atoms with van der Waals surface area (Å²) in [4.78, 5) is 57.4. The molecule has 11 heteroatoms. The van der Waals surface area contributed by atoms with E-state index in [1.807, 2.05) is 66.7 Å². The highest BCUT2D eigenvalue weighted by Gasteiger charge is 2.24. The Kier molecular flexibility index (Phi) is 16.9. The Morgan fingerprint density at radius 1 is 0.846 bits per heavy atom. The number of Topliss-reactive ketones (excluding diaryl/α,β-unsaturated/α-hetero) is 1. The van der Waals surface area contributed by atoms with E-state index in [1.165, 1.54) is 23.3 Å². The van der Waals surface area contributed by atoms with E-state index in [1.54, 1.807) is 36.2 Å². The van der Waals surface area contributed by atoms with Crippen LogP contribution in [0.15, 0.2) is 132 Å². The lowest BCUT2D eigenvalue weighted by Gasteiger charge is -2.31. The Bertz CT molecular complexity index is 2590. The number of aromatic nitrogens is 1. The van der Waals surface area contributed by atoms with Crippen LogP contribution in [0.5, 0.6) is 5.75 Å². The number of phenols is 1. The van der Waals surface area contributed by atoms with Crippen LogP contribution in [0, 0.1) is 5.92 Å². The predicted octanol–water partition coefficient (Wildman–Crippen LogP) is 10.5. The van der Waals surface area contributed by atoms with E-state index in [0.29, 0.717) is 72.3 Å². The molecule has 2 amide bonds. The van der Waals surface area contributed by atoms with Gasteiger partial charge in [0.25, 0.3) is 0 Å². The number of hydrogen-bond acceptors (Lipinski definition) is 8. The number of aliphatic hydroxyl groups excluding tert-OH is 1. The van der Waals surface area contributed by atoms with Gasteiger partial charge >= 0.3 is 6.09 Å². The second kappa shape index (κ2) is 22.9. The summed E-state index contributed by atoms with van der Waals surface area (Å²) in [6.07, 6.45) is 4.47. The number of rotatable bonds is 18. The van der Waals surface area contributed by atoms with E-state index < -0.39 is 12.2 Å². The molecular weight excluding hydrogens is 817 g/mol. The number of phenolic OH excluding ortho intramolecular Hbond substituents is 1. The maximum Gasteiger partial charge on any atom is 0.411 e.